The number of hydrogen-bond acceptors (Lipinski definition) is 5. The fraction of sp³-hybridized carbons (Fsp3) is 0.250. The first kappa shape index (κ1) is 16.0. The summed E-state index contributed by atoms with van der Waals surface area (Å²) in [5, 5.41) is 11.1. The van der Waals surface area contributed by atoms with Gasteiger partial charge in [-0.25, -0.2) is 26.9 Å². The minimum atomic E-state index is -4.28. The third kappa shape index (κ3) is 3.43. The molecule has 2 aromatic rings. The van der Waals surface area contributed by atoms with Crippen LogP contribution in [-0.2, 0) is 16.6 Å². The molecule has 0 bridgehead atoms. The van der Waals surface area contributed by atoms with E-state index in [0.717, 1.165) is 12.1 Å². The zero-order valence-electron chi connectivity index (χ0n) is 10.9. The second-order valence-corrected chi connectivity index (χ2v) is 6.87. The topological polar surface area (TPSA) is 79.3 Å². The maximum atomic E-state index is 13.7. The molecule has 1 atom stereocenters. The van der Waals surface area contributed by atoms with Gasteiger partial charge < -0.3 is 5.11 Å². The summed E-state index contributed by atoms with van der Waals surface area (Å²) in [6.45, 7) is 0.947. The highest BCUT2D eigenvalue weighted by atomic mass is 32.2. The second kappa shape index (κ2) is 6.14. The maximum Gasteiger partial charge on any atom is 0.244 e. The van der Waals surface area contributed by atoms with Gasteiger partial charge in [0.2, 0.25) is 10.0 Å². The Kier molecular flexibility index (Phi) is 4.67. The van der Waals surface area contributed by atoms with Crippen molar-refractivity contribution in [3.8, 4) is 0 Å². The van der Waals surface area contributed by atoms with E-state index in [1.807, 2.05) is 0 Å². The van der Waals surface area contributed by atoms with Gasteiger partial charge in [-0.2, -0.15) is 0 Å². The van der Waals surface area contributed by atoms with Gasteiger partial charge in [0, 0.05) is 11.6 Å². The molecule has 0 amide bonds. The summed E-state index contributed by atoms with van der Waals surface area (Å²) in [4.78, 5) is 3.11. The molecule has 0 spiro atoms. The summed E-state index contributed by atoms with van der Waals surface area (Å²) in [6, 6.07) is 0.962. The predicted molar refractivity (Wildman–Crippen MR) is 73.1 cm³/mol. The number of aliphatic hydroxyl groups is 1. The number of nitrogens with one attached hydrogen (secondary N) is 1. The number of rotatable bonds is 5. The van der Waals surface area contributed by atoms with Crippen molar-refractivity contribution in [1.29, 1.82) is 0 Å². The minimum absolute atomic E-state index is 0.0313. The number of sulfonamides is 1. The summed E-state index contributed by atoms with van der Waals surface area (Å²) >= 11 is 1.24. The van der Waals surface area contributed by atoms with Gasteiger partial charge in [-0.1, -0.05) is 0 Å². The summed E-state index contributed by atoms with van der Waals surface area (Å²) in [5.74, 6) is -2.81. The van der Waals surface area contributed by atoms with E-state index in [-0.39, 0.29) is 5.56 Å². The quantitative estimate of drug-likeness (QED) is 0.876. The Morgan fingerprint density at radius 1 is 1.43 bits per heavy atom. The second-order valence-electron chi connectivity index (χ2n) is 4.26. The molecule has 5 nitrogen and oxygen atoms in total. The van der Waals surface area contributed by atoms with Crippen LogP contribution in [0.5, 0.6) is 0 Å². The number of thiazole rings is 1. The molecule has 0 fully saturated rings. The van der Waals surface area contributed by atoms with Gasteiger partial charge in [-0.05, 0) is 24.6 Å². The average molecular weight is 334 g/mol. The van der Waals surface area contributed by atoms with Crippen LogP contribution in [0.1, 0.15) is 23.5 Å². The van der Waals surface area contributed by atoms with Gasteiger partial charge in [0.05, 0.1) is 12.6 Å². The van der Waals surface area contributed by atoms with E-state index < -0.39 is 39.2 Å². The SMILES string of the molecule is CC(NS(=O)(=O)c1cc(CO)cc(F)c1F)c1nccs1. The van der Waals surface area contributed by atoms with Crippen LogP contribution >= 0.6 is 11.3 Å². The summed E-state index contributed by atoms with van der Waals surface area (Å²) in [7, 11) is -4.28. The number of benzene rings is 1. The minimum Gasteiger partial charge on any atom is -0.392 e. The molecular weight excluding hydrogens is 322 g/mol. The molecule has 1 aromatic carbocycles. The van der Waals surface area contributed by atoms with E-state index in [4.69, 9.17) is 5.11 Å². The lowest BCUT2D eigenvalue weighted by atomic mass is 10.2. The number of aliphatic hydroxyl groups excluding tert-OH is 1. The molecule has 1 aromatic heterocycles. The predicted octanol–water partition coefficient (Wildman–Crippen LogP) is 1.95. The highest BCUT2D eigenvalue weighted by Gasteiger charge is 2.25. The lowest BCUT2D eigenvalue weighted by Gasteiger charge is -2.13. The smallest absolute Gasteiger partial charge is 0.244 e. The van der Waals surface area contributed by atoms with Gasteiger partial charge >= 0.3 is 0 Å². The van der Waals surface area contributed by atoms with Gasteiger partial charge in [0.25, 0.3) is 0 Å². The van der Waals surface area contributed by atoms with Crippen LogP contribution in [0.25, 0.3) is 0 Å². The van der Waals surface area contributed by atoms with Crippen molar-refractivity contribution in [3.05, 3.63) is 45.9 Å². The van der Waals surface area contributed by atoms with Crippen LogP contribution in [0.15, 0.2) is 28.6 Å². The fourth-order valence-electron chi connectivity index (χ4n) is 1.70. The van der Waals surface area contributed by atoms with E-state index in [2.05, 4.69) is 9.71 Å². The molecule has 1 unspecified atom stereocenters. The van der Waals surface area contributed by atoms with Crippen molar-refractivity contribution in [2.45, 2.75) is 24.5 Å². The monoisotopic (exact) mass is 334 g/mol. The molecule has 114 valence electrons. The van der Waals surface area contributed by atoms with Crippen molar-refractivity contribution >= 4 is 21.4 Å². The summed E-state index contributed by atoms with van der Waals surface area (Å²) in [5.41, 5.74) is -0.0313. The largest absolute Gasteiger partial charge is 0.392 e. The highest BCUT2D eigenvalue weighted by Crippen LogP contribution is 2.23. The molecule has 21 heavy (non-hydrogen) atoms. The molecule has 0 aliphatic rings. The van der Waals surface area contributed by atoms with Gasteiger partial charge in [-0.15, -0.1) is 11.3 Å². The molecule has 0 saturated carbocycles. The van der Waals surface area contributed by atoms with E-state index in [0.29, 0.717) is 5.01 Å². The van der Waals surface area contributed by atoms with E-state index in [1.54, 1.807) is 12.3 Å². The van der Waals surface area contributed by atoms with Crippen LogP contribution < -0.4 is 4.72 Å². The van der Waals surface area contributed by atoms with E-state index in [9.17, 15) is 17.2 Å². The standard InChI is InChI=1S/C12H12F2N2O3S2/c1-7(12-15-2-3-20-12)16-21(18,19)10-5-8(6-17)4-9(13)11(10)14/h2-5,7,16-17H,6H2,1H3. The zero-order valence-corrected chi connectivity index (χ0v) is 12.5. The Hall–Kier alpha value is -1.42. The highest BCUT2D eigenvalue weighted by molar-refractivity contribution is 7.89. The molecule has 0 aliphatic heterocycles. The van der Waals surface area contributed by atoms with Crippen LogP contribution in [-0.4, -0.2) is 18.5 Å². The number of nitrogens with zero attached hydrogens (tertiary/aromatic N) is 1. The van der Waals surface area contributed by atoms with Crippen molar-refractivity contribution in [3.63, 3.8) is 0 Å². The Morgan fingerprint density at radius 2 is 2.14 bits per heavy atom. The molecule has 2 N–H and O–H groups in total. The molecule has 9 heteroatoms. The van der Waals surface area contributed by atoms with Crippen LogP contribution in [0.2, 0.25) is 0 Å². The van der Waals surface area contributed by atoms with Crippen molar-refractivity contribution in [2.24, 2.45) is 0 Å². The molecular formula is C12H12F2N2O3S2. The zero-order chi connectivity index (χ0) is 15.6. The first-order valence-corrected chi connectivity index (χ1v) is 8.22. The fourth-order valence-corrected chi connectivity index (χ4v) is 3.76. The van der Waals surface area contributed by atoms with Crippen LogP contribution in [0.3, 0.4) is 0 Å². The lowest BCUT2D eigenvalue weighted by Crippen LogP contribution is -2.28. The van der Waals surface area contributed by atoms with E-state index >= 15 is 0 Å². The Balaban J connectivity index is 2.38. The third-order valence-corrected chi connectivity index (χ3v) is 5.18. The molecule has 0 radical (unpaired) electrons. The Morgan fingerprint density at radius 3 is 2.71 bits per heavy atom. The number of hydrogen-bond donors (Lipinski definition) is 2. The third-order valence-electron chi connectivity index (χ3n) is 2.68. The lowest BCUT2D eigenvalue weighted by molar-refractivity contribution is 0.280. The van der Waals surface area contributed by atoms with Crippen LogP contribution in [0, 0.1) is 11.6 Å². The van der Waals surface area contributed by atoms with E-state index in [1.165, 1.54) is 17.5 Å². The Labute approximate surface area is 124 Å². The first-order chi connectivity index (χ1) is 9.85. The van der Waals surface area contributed by atoms with Gasteiger partial charge in [0.15, 0.2) is 11.6 Å². The molecule has 2 rings (SSSR count). The van der Waals surface area contributed by atoms with Gasteiger partial charge in [0.1, 0.15) is 9.90 Å². The summed E-state index contributed by atoms with van der Waals surface area (Å²) < 4.78 is 53.6. The number of aromatic nitrogens is 1. The van der Waals surface area contributed by atoms with Gasteiger partial charge in [-0.3, -0.25) is 0 Å². The average Bonchev–Trinajstić information content (AvgIpc) is 2.95. The van der Waals surface area contributed by atoms with Crippen LogP contribution in [0.4, 0.5) is 8.78 Å². The van der Waals surface area contributed by atoms with Crippen molar-refractivity contribution < 1.29 is 22.3 Å². The first-order valence-electron chi connectivity index (χ1n) is 5.85. The van der Waals surface area contributed by atoms with Crippen molar-refractivity contribution in [2.75, 3.05) is 0 Å². The maximum absolute atomic E-state index is 13.7. The molecule has 1 heterocycles. The molecule has 0 saturated heterocycles. The molecule has 0 aliphatic carbocycles. The van der Waals surface area contributed by atoms with Crippen molar-refractivity contribution in [1.82, 2.24) is 9.71 Å². The Bertz CT molecular complexity index is 733. The summed E-state index contributed by atoms with van der Waals surface area (Å²) in [6.07, 6.45) is 1.51. The normalized spacial score (nSPS) is 13.3. The number of halogens is 2.